The normalized spacial score (nSPS) is 12.8. The monoisotopic (exact) mass is 500 g/mol. The van der Waals surface area contributed by atoms with Crippen molar-refractivity contribution in [1.29, 1.82) is 0 Å². The number of hydrogen-bond acceptors (Lipinski definition) is 7. The fourth-order valence-electron chi connectivity index (χ4n) is 3.24. The van der Waals surface area contributed by atoms with Crippen LogP contribution in [0.3, 0.4) is 0 Å². The average molecular weight is 501 g/mol. The molecule has 0 unspecified atom stereocenters. The number of anilines is 1. The molecular weight excluding hydrogens is 476 g/mol. The highest BCUT2D eigenvalue weighted by molar-refractivity contribution is 6.33. The molecule has 3 aromatic rings. The highest BCUT2D eigenvalue weighted by Crippen LogP contribution is 2.35. The van der Waals surface area contributed by atoms with Crippen LogP contribution in [0.15, 0.2) is 42.6 Å². The van der Waals surface area contributed by atoms with E-state index < -0.39 is 5.91 Å². The van der Waals surface area contributed by atoms with Crippen LogP contribution >= 0.6 is 11.6 Å². The van der Waals surface area contributed by atoms with Gasteiger partial charge in [0.2, 0.25) is 0 Å². The number of rotatable bonds is 10. The highest BCUT2D eigenvalue weighted by Gasteiger charge is 2.23. The summed E-state index contributed by atoms with van der Waals surface area (Å²) in [6, 6.07) is 9.82. The topological polar surface area (TPSA) is 120 Å². The Morgan fingerprint density at radius 3 is 2.63 bits per heavy atom. The maximum Gasteiger partial charge on any atom is 0.319 e. The zero-order chi connectivity index (χ0) is 24.8. The van der Waals surface area contributed by atoms with E-state index in [0.29, 0.717) is 45.5 Å². The number of benzene rings is 2. The zero-order valence-corrected chi connectivity index (χ0v) is 20.0. The smallest absolute Gasteiger partial charge is 0.319 e. The first-order valence-corrected chi connectivity index (χ1v) is 11.3. The number of fused-ring (bicyclic) bond motifs is 1. The summed E-state index contributed by atoms with van der Waals surface area (Å²) >= 11 is 6.36. The molecular formula is C24H25ClN4O6. The summed E-state index contributed by atoms with van der Waals surface area (Å²) in [7, 11) is 3.00. The Kier molecular flexibility index (Phi) is 7.86. The average Bonchev–Trinajstić information content (AvgIpc) is 3.66. The molecule has 10 nitrogen and oxygen atoms in total. The van der Waals surface area contributed by atoms with Crippen molar-refractivity contribution in [2.24, 2.45) is 0 Å². The second-order valence-electron chi connectivity index (χ2n) is 7.77. The number of amides is 3. The number of nitrogens with one attached hydrogen (secondary N) is 3. The van der Waals surface area contributed by atoms with Crippen LogP contribution in [0.2, 0.25) is 5.02 Å². The molecule has 1 heterocycles. The van der Waals surface area contributed by atoms with Gasteiger partial charge in [0.15, 0.2) is 0 Å². The Morgan fingerprint density at radius 2 is 1.91 bits per heavy atom. The van der Waals surface area contributed by atoms with Crippen LogP contribution in [0.5, 0.6) is 17.2 Å². The van der Waals surface area contributed by atoms with Gasteiger partial charge in [0.25, 0.3) is 5.91 Å². The van der Waals surface area contributed by atoms with Crippen molar-refractivity contribution >= 4 is 40.1 Å². The molecule has 0 saturated heterocycles. The van der Waals surface area contributed by atoms with Crippen molar-refractivity contribution in [2.45, 2.75) is 18.9 Å². The standard InChI is InChI=1S/C24H25ClN4O6/c1-32-9-10-34-29-23(30)17-12-16-20(13-22(17)33-2)26-8-7-21(16)35-15-5-6-19(18(25)11-15)28-24(31)27-14-3-4-14/h5-8,11-14H,3-4,9-10H2,1-2H3,(H,29,30)(H2,27,28,31). The molecule has 3 amide bonds. The van der Waals surface area contributed by atoms with Gasteiger partial charge in [0, 0.05) is 36.9 Å². The summed E-state index contributed by atoms with van der Waals surface area (Å²) < 4.78 is 16.3. The number of carbonyl (C=O) groups excluding carboxylic acids is 2. The largest absolute Gasteiger partial charge is 0.496 e. The van der Waals surface area contributed by atoms with Crippen molar-refractivity contribution in [3.8, 4) is 17.2 Å². The van der Waals surface area contributed by atoms with Gasteiger partial charge in [-0.25, -0.2) is 10.3 Å². The number of aromatic nitrogens is 1. The summed E-state index contributed by atoms with van der Waals surface area (Å²) in [5.74, 6) is 0.742. The molecule has 0 radical (unpaired) electrons. The fourth-order valence-corrected chi connectivity index (χ4v) is 3.46. The predicted molar refractivity (Wildman–Crippen MR) is 130 cm³/mol. The Bertz CT molecular complexity index is 1230. The van der Waals surface area contributed by atoms with Crippen LogP contribution in [0.4, 0.5) is 10.5 Å². The first kappa shape index (κ1) is 24.5. The first-order chi connectivity index (χ1) is 17.0. The van der Waals surface area contributed by atoms with E-state index in [-0.39, 0.29) is 24.2 Å². The van der Waals surface area contributed by atoms with Gasteiger partial charge in [-0.05, 0) is 37.1 Å². The van der Waals surface area contributed by atoms with Crippen LogP contribution in [0.25, 0.3) is 10.9 Å². The fraction of sp³-hybridized carbons (Fsp3) is 0.292. The van der Waals surface area contributed by atoms with E-state index in [9.17, 15) is 9.59 Å². The third-order valence-corrected chi connectivity index (χ3v) is 5.46. The van der Waals surface area contributed by atoms with Crippen molar-refractivity contribution in [3.63, 3.8) is 0 Å². The summed E-state index contributed by atoms with van der Waals surface area (Å²) in [6.07, 6.45) is 3.57. The van der Waals surface area contributed by atoms with Gasteiger partial charge in [0.05, 0.1) is 42.1 Å². The summed E-state index contributed by atoms with van der Waals surface area (Å²) in [5.41, 5.74) is 3.65. The number of halogens is 1. The number of nitrogens with zero attached hydrogens (tertiary/aromatic N) is 1. The summed E-state index contributed by atoms with van der Waals surface area (Å²) in [4.78, 5) is 34.1. The molecule has 0 spiro atoms. The zero-order valence-electron chi connectivity index (χ0n) is 19.2. The third kappa shape index (κ3) is 6.30. The lowest BCUT2D eigenvalue weighted by Crippen LogP contribution is -2.30. The SMILES string of the molecule is COCCONC(=O)c1cc2c(Oc3ccc(NC(=O)NC4CC4)c(Cl)c3)ccnc2cc1OC. The quantitative estimate of drug-likeness (QED) is 0.280. The second kappa shape index (κ2) is 11.2. The lowest BCUT2D eigenvalue weighted by atomic mass is 10.1. The van der Waals surface area contributed by atoms with E-state index in [0.717, 1.165) is 12.8 Å². The maximum atomic E-state index is 12.7. The number of ether oxygens (including phenoxy) is 3. The minimum Gasteiger partial charge on any atom is -0.496 e. The minimum absolute atomic E-state index is 0.196. The van der Waals surface area contributed by atoms with E-state index in [2.05, 4.69) is 21.1 Å². The van der Waals surface area contributed by atoms with Gasteiger partial charge in [-0.15, -0.1) is 0 Å². The lowest BCUT2D eigenvalue weighted by Gasteiger charge is -2.14. The van der Waals surface area contributed by atoms with Crippen molar-refractivity contribution in [2.75, 3.05) is 32.8 Å². The van der Waals surface area contributed by atoms with Gasteiger partial charge >= 0.3 is 6.03 Å². The maximum absolute atomic E-state index is 12.7. The van der Waals surface area contributed by atoms with Crippen molar-refractivity contribution in [3.05, 3.63) is 53.2 Å². The van der Waals surface area contributed by atoms with Crippen LogP contribution in [-0.4, -0.2) is 50.4 Å². The Morgan fingerprint density at radius 1 is 1.09 bits per heavy atom. The molecule has 2 aromatic carbocycles. The molecule has 1 saturated carbocycles. The van der Waals surface area contributed by atoms with Crippen molar-refractivity contribution < 1.29 is 28.6 Å². The van der Waals surface area contributed by atoms with Crippen LogP contribution in [0, 0.1) is 0 Å². The number of urea groups is 1. The highest BCUT2D eigenvalue weighted by atomic mass is 35.5. The number of methoxy groups -OCH3 is 2. The molecule has 3 N–H and O–H groups in total. The van der Waals surface area contributed by atoms with Crippen molar-refractivity contribution in [1.82, 2.24) is 15.8 Å². The molecule has 1 fully saturated rings. The van der Waals surface area contributed by atoms with Gasteiger partial charge in [0.1, 0.15) is 17.2 Å². The predicted octanol–water partition coefficient (Wildman–Crippen LogP) is 4.28. The van der Waals surface area contributed by atoms with E-state index in [1.54, 1.807) is 42.6 Å². The molecule has 11 heteroatoms. The minimum atomic E-state index is -0.488. The Hall–Kier alpha value is -3.60. The molecule has 4 rings (SSSR count). The third-order valence-electron chi connectivity index (χ3n) is 5.15. The summed E-state index contributed by atoms with van der Waals surface area (Å²) in [5, 5.41) is 6.48. The molecule has 1 aliphatic rings. The van der Waals surface area contributed by atoms with Crippen LogP contribution < -0.4 is 25.6 Å². The summed E-state index contributed by atoms with van der Waals surface area (Å²) in [6.45, 7) is 0.529. The molecule has 35 heavy (non-hydrogen) atoms. The molecule has 0 bridgehead atoms. The number of hydrogen-bond donors (Lipinski definition) is 3. The van der Waals surface area contributed by atoms with Gasteiger partial charge < -0.3 is 24.8 Å². The second-order valence-corrected chi connectivity index (χ2v) is 8.17. The van der Waals surface area contributed by atoms with Gasteiger partial charge in [-0.1, -0.05) is 11.6 Å². The molecule has 1 aromatic heterocycles. The van der Waals surface area contributed by atoms with E-state index in [1.807, 2.05) is 0 Å². The number of hydroxylamine groups is 1. The van der Waals surface area contributed by atoms with E-state index >= 15 is 0 Å². The molecule has 0 aliphatic heterocycles. The van der Waals surface area contributed by atoms with Gasteiger partial charge in [-0.3, -0.25) is 14.6 Å². The molecule has 0 atom stereocenters. The Balaban J connectivity index is 1.55. The lowest BCUT2D eigenvalue weighted by molar-refractivity contribution is 0.00875. The Labute approximate surface area is 206 Å². The molecule has 184 valence electrons. The first-order valence-electron chi connectivity index (χ1n) is 10.9. The number of carbonyl (C=O) groups is 2. The van der Waals surface area contributed by atoms with E-state index in [4.69, 9.17) is 30.6 Å². The van der Waals surface area contributed by atoms with Gasteiger partial charge in [-0.2, -0.15) is 0 Å². The van der Waals surface area contributed by atoms with E-state index in [1.165, 1.54) is 14.2 Å². The van der Waals surface area contributed by atoms with Crippen LogP contribution in [-0.2, 0) is 9.57 Å². The van der Waals surface area contributed by atoms with Crippen LogP contribution in [0.1, 0.15) is 23.2 Å². The molecule has 1 aliphatic carbocycles. The number of pyridine rings is 1.